The van der Waals surface area contributed by atoms with Gasteiger partial charge >= 0.3 is 0 Å². The second-order valence-electron chi connectivity index (χ2n) is 8.32. The zero-order chi connectivity index (χ0) is 24.6. The Morgan fingerprint density at radius 2 is 1.03 bits per heavy atom. The number of aliphatic hydroxyl groups is 10. The van der Waals surface area contributed by atoms with Gasteiger partial charge in [0.15, 0.2) is 18.9 Å². The van der Waals surface area contributed by atoms with E-state index in [1.807, 2.05) is 0 Å². The van der Waals surface area contributed by atoms with Crippen LogP contribution in [0.3, 0.4) is 0 Å². The molecule has 0 aliphatic carbocycles. The van der Waals surface area contributed by atoms with E-state index in [-0.39, 0.29) is 0 Å². The lowest BCUT2D eigenvalue weighted by Crippen LogP contribution is -2.66. The van der Waals surface area contributed by atoms with Gasteiger partial charge in [0, 0.05) is 0 Å². The van der Waals surface area contributed by atoms with E-state index in [2.05, 4.69) is 0 Å². The largest absolute Gasteiger partial charge is 0.394 e. The zero-order valence-corrected chi connectivity index (χ0v) is 17.6. The molecule has 3 heterocycles. The number of hydrogen-bond donors (Lipinski definition) is 10. The Balaban J connectivity index is 1.82. The van der Waals surface area contributed by atoms with Crippen molar-refractivity contribution >= 4 is 0 Å². The van der Waals surface area contributed by atoms with Crippen LogP contribution in [0.4, 0.5) is 0 Å². The smallest absolute Gasteiger partial charge is 0.187 e. The molecule has 10 N–H and O–H groups in total. The number of ether oxygens (including phenoxy) is 5. The topological polar surface area (TPSA) is 248 Å². The lowest BCUT2D eigenvalue weighted by atomic mass is 9.96. The first kappa shape index (κ1) is 27.0. The molecule has 3 aliphatic heterocycles. The molecule has 15 heteroatoms. The van der Waals surface area contributed by atoms with E-state index < -0.39 is 105 Å². The average molecular weight is 488 g/mol. The van der Waals surface area contributed by atoms with Crippen molar-refractivity contribution in [1.29, 1.82) is 0 Å². The molecule has 0 aromatic rings. The standard InChI is InChI=1S/C18H32O15/c1-4-7(21)10(24)12(26)17(29-4)32-14-9(23)6(3-20)30-16(28)15(14)33-18-13(27)11(25)8(22)5(2-19)31-18/h4-28H,2-3H2,1H3/t4-,5+,6+,7+,8+,9+,10+,11-,12-,13-,14-,15+,16+,17-,18+/m0/s1. The van der Waals surface area contributed by atoms with Crippen LogP contribution < -0.4 is 0 Å². The molecule has 15 nitrogen and oxygen atoms in total. The Morgan fingerprint density at radius 3 is 1.61 bits per heavy atom. The van der Waals surface area contributed by atoms with Gasteiger partial charge in [-0.2, -0.15) is 0 Å². The van der Waals surface area contributed by atoms with E-state index in [0.29, 0.717) is 0 Å². The third-order valence-electron chi connectivity index (χ3n) is 6.06. The van der Waals surface area contributed by atoms with Gasteiger partial charge in [-0.15, -0.1) is 0 Å². The number of rotatable bonds is 6. The predicted octanol–water partition coefficient (Wildman–Crippen LogP) is -6.55. The minimum Gasteiger partial charge on any atom is -0.394 e. The summed E-state index contributed by atoms with van der Waals surface area (Å²) in [5, 5.41) is 100.0. The third kappa shape index (κ3) is 5.32. The van der Waals surface area contributed by atoms with Crippen LogP contribution in [0.1, 0.15) is 6.92 Å². The van der Waals surface area contributed by atoms with Crippen molar-refractivity contribution in [3.63, 3.8) is 0 Å². The molecule has 3 saturated heterocycles. The maximum atomic E-state index is 10.6. The van der Waals surface area contributed by atoms with Gasteiger partial charge in [-0.3, -0.25) is 0 Å². The first-order chi connectivity index (χ1) is 15.5. The van der Waals surface area contributed by atoms with Crippen molar-refractivity contribution < 1.29 is 74.7 Å². The second kappa shape index (κ2) is 11.0. The molecule has 0 aromatic carbocycles. The summed E-state index contributed by atoms with van der Waals surface area (Å²) in [5.41, 5.74) is 0. The molecule has 0 saturated carbocycles. The van der Waals surface area contributed by atoms with Crippen LogP contribution in [0.2, 0.25) is 0 Å². The van der Waals surface area contributed by atoms with Gasteiger partial charge in [0.2, 0.25) is 0 Å². The van der Waals surface area contributed by atoms with E-state index in [1.54, 1.807) is 0 Å². The normalized spacial score (nSPS) is 53.7. The lowest BCUT2D eigenvalue weighted by molar-refractivity contribution is -0.386. The van der Waals surface area contributed by atoms with Gasteiger partial charge in [0.25, 0.3) is 0 Å². The summed E-state index contributed by atoms with van der Waals surface area (Å²) < 4.78 is 26.7. The fourth-order valence-electron chi connectivity index (χ4n) is 3.97. The summed E-state index contributed by atoms with van der Waals surface area (Å²) in [5.74, 6) is 0. The van der Waals surface area contributed by atoms with Crippen LogP contribution in [0.5, 0.6) is 0 Å². The molecule has 15 atom stereocenters. The number of aliphatic hydroxyl groups excluding tert-OH is 10. The molecule has 33 heavy (non-hydrogen) atoms. The fraction of sp³-hybridized carbons (Fsp3) is 1.00. The van der Waals surface area contributed by atoms with Crippen LogP contribution >= 0.6 is 0 Å². The molecule has 0 unspecified atom stereocenters. The van der Waals surface area contributed by atoms with Crippen molar-refractivity contribution in [2.45, 2.75) is 99.0 Å². The summed E-state index contributed by atoms with van der Waals surface area (Å²) in [6.45, 7) is -0.107. The van der Waals surface area contributed by atoms with Crippen LogP contribution in [0.25, 0.3) is 0 Å². The number of hydrogen-bond acceptors (Lipinski definition) is 15. The SMILES string of the molecule is C[C@@H]1O[C@@H](O[C@H]2[C@H](O)[C@@H](CO)O[C@@H](O)[C@@H]2O[C@H]2O[C@H](CO)[C@@H](O)[C@H](O)[C@@H]2O)[C@@H](O)[C@H](O)[C@@H]1O. The highest BCUT2D eigenvalue weighted by Gasteiger charge is 2.53. The van der Waals surface area contributed by atoms with Gasteiger partial charge in [0.05, 0.1) is 19.3 Å². The van der Waals surface area contributed by atoms with Crippen LogP contribution in [-0.2, 0) is 23.7 Å². The quantitative estimate of drug-likeness (QED) is 0.167. The molecule has 3 aliphatic rings. The molecule has 194 valence electrons. The van der Waals surface area contributed by atoms with Crippen molar-refractivity contribution in [3.8, 4) is 0 Å². The minimum absolute atomic E-state index is 0.746. The summed E-state index contributed by atoms with van der Waals surface area (Å²) in [4.78, 5) is 0. The monoisotopic (exact) mass is 488 g/mol. The summed E-state index contributed by atoms with van der Waals surface area (Å²) in [6.07, 6.45) is -24.1. The van der Waals surface area contributed by atoms with Gasteiger partial charge in [0.1, 0.15) is 67.1 Å². The van der Waals surface area contributed by atoms with E-state index in [4.69, 9.17) is 23.7 Å². The molecule has 3 fully saturated rings. The first-order valence-corrected chi connectivity index (χ1v) is 10.4. The molecule has 0 bridgehead atoms. The molecule has 0 aromatic heterocycles. The Bertz CT molecular complexity index is 624. The summed E-state index contributed by atoms with van der Waals surface area (Å²) >= 11 is 0. The first-order valence-electron chi connectivity index (χ1n) is 10.4. The lowest BCUT2D eigenvalue weighted by Gasteiger charge is -2.48. The predicted molar refractivity (Wildman–Crippen MR) is 99.8 cm³/mol. The highest BCUT2D eigenvalue weighted by molar-refractivity contribution is 4.95. The van der Waals surface area contributed by atoms with Crippen molar-refractivity contribution in [2.75, 3.05) is 13.2 Å². The van der Waals surface area contributed by atoms with Crippen molar-refractivity contribution in [2.24, 2.45) is 0 Å². The zero-order valence-electron chi connectivity index (χ0n) is 17.6. The average Bonchev–Trinajstić information content (AvgIpc) is 2.79. The minimum atomic E-state index is -1.89. The molecule has 0 radical (unpaired) electrons. The highest BCUT2D eigenvalue weighted by atomic mass is 16.8. The van der Waals surface area contributed by atoms with E-state index in [0.717, 1.165) is 0 Å². The van der Waals surface area contributed by atoms with E-state index >= 15 is 0 Å². The van der Waals surface area contributed by atoms with Gasteiger partial charge in [-0.05, 0) is 6.92 Å². The van der Waals surface area contributed by atoms with Crippen LogP contribution in [0, 0.1) is 0 Å². The molecular weight excluding hydrogens is 456 g/mol. The maximum Gasteiger partial charge on any atom is 0.187 e. The van der Waals surface area contributed by atoms with Crippen molar-refractivity contribution in [1.82, 2.24) is 0 Å². The molecule has 0 amide bonds. The van der Waals surface area contributed by atoms with E-state index in [9.17, 15) is 51.1 Å². The molecule has 0 spiro atoms. The summed E-state index contributed by atoms with van der Waals surface area (Å²) in [6, 6.07) is 0. The Kier molecular flexibility index (Phi) is 8.99. The summed E-state index contributed by atoms with van der Waals surface area (Å²) in [7, 11) is 0. The fourth-order valence-corrected chi connectivity index (χ4v) is 3.97. The van der Waals surface area contributed by atoms with Crippen molar-refractivity contribution in [3.05, 3.63) is 0 Å². The Morgan fingerprint density at radius 1 is 0.545 bits per heavy atom. The van der Waals surface area contributed by atoms with Crippen LogP contribution in [0.15, 0.2) is 0 Å². The second-order valence-corrected chi connectivity index (χ2v) is 8.32. The Labute approximate surface area is 187 Å². The van der Waals surface area contributed by atoms with E-state index in [1.165, 1.54) is 6.92 Å². The van der Waals surface area contributed by atoms with Gasteiger partial charge in [-0.1, -0.05) is 0 Å². The van der Waals surface area contributed by atoms with Gasteiger partial charge in [-0.25, -0.2) is 0 Å². The third-order valence-corrected chi connectivity index (χ3v) is 6.06. The molecular formula is C18H32O15. The van der Waals surface area contributed by atoms with Gasteiger partial charge < -0.3 is 74.7 Å². The Hall–Kier alpha value is -0.600. The maximum absolute atomic E-state index is 10.6. The highest BCUT2D eigenvalue weighted by Crippen LogP contribution is 2.32. The van der Waals surface area contributed by atoms with Crippen LogP contribution in [-0.4, -0.2) is 156 Å². The molecule has 3 rings (SSSR count).